The highest BCUT2D eigenvalue weighted by Crippen LogP contribution is 2.18. The number of hydrogen-bond donors (Lipinski definition) is 2. The number of benzene rings is 2. The Morgan fingerprint density at radius 3 is 2.37 bits per heavy atom. The van der Waals surface area contributed by atoms with E-state index in [0.717, 1.165) is 62.6 Å². The maximum absolute atomic E-state index is 13.6. The van der Waals surface area contributed by atoms with E-state index in [0.29, 0.717) is 11.7 Å². The van der Waals surface area contributed by atoms with Gasteiger partial charge in [-0.25, -0.2) is 4.39 Å². The first-order valence-electron chi connectivity index (χ1n) is 10.6. The molecule has 1 fully saturated rings. The summed E-state index contributed by atoms with van der Waals surface area (Å²) in [6.07, 6.45) is 1.01. The average molecular weight is 413 g/mol. The molecule has 7 heteroatoms. The van der Waals surface area contributed by atoms with Gasteiger partial charge in [0.2, 0.25) is 5.82 Å². The van der Waals surface area contributed by atoms with Crippen molar-refractivity contribution in [2.45, 2.75) is 26.4 Å². The number of rotatable bonds is 7. The lowest BCUT2D eigenvalue weighted by atomic mass is 10.1. The number of nitrogens with zero attached hydrogens (tertiary/aromatic N) is 2. The van der Waals surface area contributed by atoms with Crippen LogP contribution in [-0.2, 0) is 19.5 Å². The molecular formula is C23H29FN4O2+2. The topological polar surface area (TPSA) is 57.0 Å². The van der Waals surface area contributed by atoms with E-state index in [1.165, 1.54) is 21.4 Å². The van der Waals surface area contributed by atoms with Gasteiger partial charge in [0.1, 0.15) is 44.3 Å². The van der Waals surface area contributed by atoms with Gasteiger partial charge < -0.3 is 19.1 Å². The zero-order chi connectivity index (χ0) is 20.9. The fourth-order valence-corrected chi connectivity index (χ4v) is 4.01. The minimum atomic E-state index is -0.217. The molecule has 30 heavy (non-hydrogen) atoms. The van der Waals surface area contributed by atoms with Crippen LogP contribution in [0, 0.1) is 5.82 Å². The van der Waals surface area contributed by atoms with Gasteiger partial charge in [-0.1, -0.05) is 36.3 Å². The fourth-order valence-electron chi connectivity index (χ4n) is 4.01. The Kier molecular flexibility index (Phi) is 6.40. The highest BCUT2D eigenvalue weighted by Gasteiger charge is 2.26. The third kappa shape index (κ3) is 4.86. The van der Waals surface area contributed by atoms with E-state index in [-0.39, 0.29) is 5.82 Å². The van der Waals surface area contributed by atoms with Crippen molar-refractivity contribution in [3.63, 3.8) is 0 Å². The summed E-state index contributed by atoms with van der Waals surface area (Å²) in [7, 11) is 1.63. The van der Waals surface area contributed by atoms with Crippen molar-refractivity contribution in [2.75, 3.05) is 33.3 Å². The monoisotopic (exact) mass is 412 g/mol. The summed E-state index contributed by atoms with van der Waals surface area (Å²) in [5.74, 6) is 1.86. The Morgan fingerprint density at radius 1 is 1.00 bits per heavy atom. The van der Waals surface area contributed by atoms with Gasteiger partial charge in [0, 0.05) is 5.56 Å². The van der Waals surface area contributed by atoms with Crippen LogP contribution in [0.3, 0.4) is 0 Å². The molecule has 2 heterocycles. The Balaban J connectivity index is 1.31. The Morgan fingerprint density at radius 2 is 1.70 bits per heavy atom. The maximum atomic E-state index is 13.6. The normalized spacial score (nSPS) is 19.0. The molecule has 1 saturated heterocycles. The number of piperazine rings is 1. The van der Waals surface area contributed by atoms with Crippen LogP contribution in [0.2, 0.25) is 0 Å². The summed E-state index contributed by atoms with van der Waals surface area (Å²) in [6, 6.07) is 13.0. The maximum Gasteiger partial charge on any atom is 0.282 e. The predicted octanol–water partition coefficient (Wildman–Crippen LogP) is 0.930. The number of ether oxygens (including phenoxy) is 1. The van der Waals surface area contributed by atoms with Crippen LogP contribution in [0.4, 0.5) is 4.39 Å². The molecule has 158 valence electrons. The van der Waals surface area contributed by atoms with Crippen molar-refractivity contribution in [3.8, 4) is 17.1 Å². The molecule has 2 aromatic carbocycles. The predicted molar refractivity (Wildman–Crippen MR) is 111 cm³/mol. The van der Waals surface area contributed by atoms with Crippen LogP contribution in [0.25, 0.3) is 11.4 Å². The molecule has 0 unspecified atom stereocenters. The van der Waals surface area contributed by atoms with E-state index >= 15 is 0 Å². The Bertz CT molecular complexity index is 966. The van der Waals surface area contributed by atoms with Crippen molar-refractivity contribution in [2.24, 2.45) is 0 Å². The molecular weight excluding hydrogens is 383 g/mol. The van der Waals surface area contributed by atoms with Gasteiger partial charge in [-0.05, 0) is 30.2 Å². The minimum absolute atomic E-state index is 0.217. The van der Waals surface area contributed by atoms with Gasteiger partial charge in [-0.2, -0.15) is 4.98 Å². The van der Waals surface area contributed by atoms with Gasteiger partial charge in [-0.3, -0.25) is 0 Å². The highest BCUT2D eigenvalue weighted by molar-refractivity contribution is 5.54. The minimum Gasteiger partial charge on any atom is -0.496 e. The summed E-state index contributed by atoms with van der Waals surface area (Å²) in [6.45, 7) is 7.68. The van der Waals surface area contributed by atoms with Gasteiger partial charge in [-0.15, -0.1) is 0 Å². The second kappa shape index (κ2) is 9.36. The number of nitrogens with one attached hydrogen (secondary N) is 2. The number of methoxy groups -OCH3 is 1. The standard InChI is InChI=1S/C23H27FN4O2/c1-3-17-4-6-18(7-5-17)23-25-22(30-26-23)16-28-12-10-27(11-13-28)15-19-14-20(24)8-9-21(19)29-2/h4-9,14H,3,10-13,15-16H2,1-2H3/p+2. The summed E-state index contributed by atoms with van der Waals surface area (Å²) < 4.78 is 24.5. The van der Waals surface area contributed by atoms with Crippen LogP contribution in [0.1, 0.15) is 23.9 Å². The van der Waals surface area contributed by atoms with Gasteiger partial charge in [0.05, 0.1) is 12.7 Å². The van der Waals surface area contributed by atoms with Crippen LogP contribution in [-0.4, -0.2) is 43.4 Å². The van der Waals surface area contributed by atoms with E-state index in [9.17, 15) is 4.39 Å². The van der Waals surface area contributed by atoms with E-state index in [2.05, 4.69) is 29.2 Å². The third-order valence-corrected chi connectivity index (χ3v) is 5.84. The molecule has 0 aliphatic carbocycles. The van der Waals surface area contributed by atoms with Crippen LogP contribution in [0.15, 0.2) is 47.0 Å². The molecule has 1 aromatic heterocycles. The first-order chi connectivity index (χ1) is 14.6. The molecule has 4 rings (SSSR count). The van der Waals surface area contributed by atoms with Crippen molar-refractivity contribution in [3.05, 3.63) is 65.3 Å². The zero-order valence-electron chi connectivity index (χ0n) is 17.6. The Hall–Kier alpha value is -2.77. The van der Waals surface area contributed by atoms with Crippen LogP contribution < -0.4 is 14.5 Å². The zero-order valence-corrected chi connectivity index (χ0v) is 17.6. The molecule has 1 aliphatic heterocycles. The lowest BCUT2D eigenvalue weighted by molar-refractivity contribution is -1.02. The van der Waals surface area contributed by atoms with Crippen molar-refractivity contribution < 1.29 is 23.5 Å². The molecule has 0 radical (unpaired) electrons. The molecule has 0 spiro atoms. The van der Waals surface area contributed by atoms with Crippen LogP contribution in [0.5, 0.6) is 5.75 Å². The second-order valence-corrected chi connectivity index (χ2v) is 7.87. The summed E-state index contributed by atoms with van der Waals surface area (Å²) >= 11 is 0. The third-order valence-electron chi connectivity index (χ3n) is 5.84. The largest absolute Gasteiger partial charge is 0.496 e. The molecule has 0 bridgehead atoms. The molecule has 6 nitrogen and oxygen atoms in total. The summed E-state index contributed by atoms with van der Waals surface area (Å²) in [5, 5.41) is 4.15. The number of hydrogen-bond acceptors (Lipinski definition) is 4. The van der Waals surface area contributed by atoms with Gasteiger partial charge in [0.15, 0.2) is 6.54 Å². The molecule has 3 aromatic rings. The van der Waals surface area contributed by atoms with Gasteiger partial charge in [0.25, 0.3) is 5.89 Å². The first kappa shape index (κ1) is 20.5. The highest BCUT2D eigenvalue weighted by atomic mass is 19.1. The number of aryl methyl sites for hydroxylation is 1. The second-order valence-electron chi connectivity index (χ2n) is 7.87. The summed E-state index contributed by atoms with van der Waals surface area (Å²) in [5.41, 5.74) is 3.20. The van der Waals surface area contributed by atoms with E-state index < -0.39 is 0 Å². The number of aromatic nitrogens is 2. The first-order valence-corrected chi connectivity index (χ1v) is 10.6. The molecule has 0 atom stereocenters. The van der Waals surface area contributed by atoms with Crippen molar-refractivity contribution >= 4 is 0 Å². The quantitative estimate of drug-likeness (QED) is 0.606. The SMILES string of the molecule is CCc1ccc(-c2noc(C[NH+]3CC[NH+](Cc4cc(F)ccc4OC)CC3)n2)cc1. The Labute approximate surface area is 176 Å². The molecule has 0 saturated carbocycles. The molecule has 2 N–H and O–H groups in total. The molecule has 1 aliphatic rings. The van der Waals surface area contributed by atoms with Crippen LogP contribution >= 0.6 is 0 Å². The number of halogens is 1. The molecule has 0 amide bonds. The number of quaternary nitrogens is 2. The van der Waals surface area contributed by atoms with Crippen molar-refractivity contribution in [1.82, 2.24) is 10.1 Å². The lowest BCUT2D eigenvalue weighted by Crippen LogP contribution is -3.27. The van der Waals surface area contributed by atoms with Crippen molar-refractivity contribution in [1.29, 1.82) is 0 Å². The van der Waals surface area contributed by atoms with E-state index in [1.807, 2.05) is 12.1 Å². The lowest BCUT2D eigenvalue weighted by Gasteiger charge is -2.29. The average Bonchev–Trinajstić information content (AvgIpc) is 3.24. The fraction of sp³-hybridized carbons (Fsp3) is 0.391. The summed E-state index contributed by atoms with van der Waals surface area (Å²) in [4.78, 5) is 7.45. The van der Waals surface area contributed by atoms with Gasteiger partial charge >= 0.3 is 0 Å². The van der Waals surface area contributed by atoms with E-state index in [1.54, 1.807) is 19.2 Å². The smallest absolute Gasteiger partial charge is 0.282 e. The van der Waals surface area contributed by atoms with E-state index in [4.69, 9.17) is 9.26 Å².